The molecule has 1 heterocycles. The summed E-state index contributed by atoms with van der Waals surface area (Å²) in [6.07, 6.45) is 0.812. The third kappa shape index (κ3) is 4.74. The Labute approximate surface area is 326 Å². The van der Waals surface area contributed by atoms with Crippen LogP contribution >= 0.6 is 0 Å². The van der Waals surface area contributed by atoms with Gasteiger partial charge in [-0.25, -0.2) is 0 Å². The lowest BCUT2D eigenvalue weighted by Gasteiger charge is -2.24. The fourth-order valence-corrected chi connectivity index (χ4v) is 9.93. The maximum absolute atomic E-state index is 6.60. The summed E-state index contributed by atoms with van der Waals surface area (Å²) in [4.78, 5) is 0. The van der Waals surface area contributed by atoms with Gasteiger partial charge in [-0.3, -0.25) is 0 Å². The Kier molecular flexibility index (Phi) is 7.10. The molecule has 0 fully saturated rings. The molecule has 0 saturated heterocycles. The minimum atomic E-state index is -0.222. The number of rotatable bonds is 5. The minimum absolute atomic E-state index is 0.162. The van der Waals surface area contributed by atoms with Crippen LogP contribution in [-0.2, 0) is 5.41 Å². The number of fused-ring (bicyclic) bond motifs is 10. The SMILES string of the molecule is C=C(CC1C(=C)C(C)(C)c2c1ccc1ccc3c4ccccc4oc3c21)c1ccc2cc(-c3c4ccccc4c(-c4ccccc4)c4ccccc34)ccc2c1. The van der Waals surface area contributed by atoms with Crippen molar-refractivity contribution >= 4 is 70.6 Å². The second kappa shape index (κ2) is 12.2. The van der Waals surface area contributed by atoms with Crippen LogP contribution in [0.5, 0.6) is 0 Å². The molecule has 266 valence electrons. The van der Waals surface area contributed by atoms with Crippen molar-refractivity contribution in [2.24, 2.45) is 0 Å². The number of allylic oxidation sites excluding steroid dienone is 2. The zero-order valence-electron chi connectivity index (χ0n) is 31.7. The van der Waals surface area contributed by atoms with Gasteiger partial charge in [0.1, 0.15) is 11.2 Å². The van der Waals surface area contributed by atoms with Crippen molar-refractivity contribution in [2.75, 3.05) is 0 Å². The van der Waals surface area contributed by atoms with Crippen LogP contribution in [0.2, 0.25) is 0 Å². The summed E-state index contributed by atoms with van der Waals surface area (Å²) in [5.41, 5.74) is 12.9. The molecule has 10 aromatic rings. The molecule has 0 aliphatic heterocycles. The molecule has 1 aliphatic rings. The molecular formula is C55H40O. The van der Waals surface area contributed by atoms with Crippen molar-refractivity contribution in [2.45, 2.75) is 31.6 Å². The average Bonchev–Trinajstić information content (AvgIpc) is 3.71. The molecule has 1 atom stereocenters. The fraction of sp³-hybridized carbons (Fsp3) is 0.0909. The number of hydrogen-bond donors (Lipinski definition) is 0. The molecule has 0 radical (unpaired) electrons. The van der Waals surface area contributed by atoms with Crippen LogP contribution in [0.3, 0.4) is 0 Å². The van der Waals surface area contributed by atoms with Gasteiger partial charge in [0.15, 0.2) is 0 Å². The number of para-hydroxylation sites is 1. The minimum Gasteiger partial charge on any atom is -0.455 e. The highest BCUT2D eigenvalue weighted by atomic mass is 16.3. The van der Waals surface area contributed by atoms with Crippen LogP contribution in [0.25, 0.3) is 92.9 Å². The highest BCUT2D eigenvalue weighted by molar-refractivity contribution is 6.22. The van der Waals surface area contributed by atoms with E-state index in [0.29, 0.717) is 0 Å². The van der Waals surface area contributed by atoms with Crippen molar-refractivity contribution in [3.05, 3.63) is 199 Å². The van der Waals surface area contributed by atoms with Crippen molar-refractivity contribution in [1.29, 1.82) is 0 Å². The molecule has 1 aliphatic carbocycles. The van der Waals surface area contributed by atoms with Gasteiger partial charge >= 0.3 is 0 Å². The standard InChI is InChI=1S/C55H40O/c1-33(30-48-34(2)55(3,4)53-46(48)28-26-36-27-29-47-41-16-12-13-21-49(41)56-54(47)52(36)53)37-22-23-39-32-40(25-24-38(39)31-37)51-44-19-10-8-17-42(44)50(35-14-6-5-7-15-35)43-18-9-11-20-45(43)51/h5-29,31-32,48H,1-2,30H2,3-4H3. The predicted octanol–water partition coefficient (Wildman–Crippen LogP) is 15.6. The Morgan fingerprint density at radius 3 is 1.84 bits per heavy atom. The topological polar surface area (TPSA) is 13.1 Å². The van der Waals surface area contributed by atoms with E-state index in [9.17, 15) is 0 Å². The first-order chi connectivity index (χ1) is 27.4. The molecule has 0 N–H and O–H groups in total. The highest BCUT2D eigenvalue weighted by Gasteiger charge is 2.42. The van der Waals surface area contributed by atoms with Gasteiger partial charge in [0, 0.05) is 27.5 Å². The van der Waals surface area contributed by atoms with Gasteiger partial charge in [-0.2, -0.15) is 0 Å². The number of hydrogen-bond acceptors (Lipinski definition) is 1. The third-order valence-corrected chi connectivity index (χ3v) is 12.8. The summed E-state index contributed by atoms with van der Waals surface area (Å²) < 4.78 is 6.60. The van der Waals surface area contributed by atoms with E-state index in [1.807, 2.05) is 6.07 Å². The van der Waals surface area contributed by atoms with E-state index in [-0.39, 0.29) is 11.3 Å². The van der Waals surface area contributed by atoms with Gasteiger partial charge in [-0.1, -0.05) is 172 Å². The average molecular weight is 717 g/mol. The number of furan rings is 1. The van der Waals surface area contributed by atoms with E-state index >= 15 is 0 Å². The summed E-state index contributed by atoms with van der Waals surface area (Å²) in [5, 5.41) is 12.3. The van der Waals surface area contributed by atoms with Gasteiger partial charge in [0.05, 0.1) is 0 Å². The Morgan fingerprint density at radius 2 is 1.12 bits per heavy atom. The fourth-order valence-electron chi connectivity index (χ4n) is 9.93. The first kappa shape index (κ1) is 32.7. The zero-order chi connectivity index (χ0) is 37.7. The molecule has 0 spiro atoms. The van der Waals surface area contributed by atoms with Crippen molar-refractivity contribution in [3.63, 3.8) is 0 Å². The third-order valence-electron chi connectivity index (χ3n) is 12.8. The van der Waals surface area contributed by atoms with Crippen LogP contribution < -0.4 is 0 Å². The maximum atomic E-state index is 6.60. The van der Waals surface area contributed by atoms with Crippen LogP contribution in [0.1, 0.15) is 42.9 Å². The van der Waals surface area contributed by atoms with Gasteiger partial charge < -0.3 is 4.42 Å². The lowest BCUT2D eigenvalue weighted by Crippen LogP contribution is -2.16. The van der Waals surface area contributed by atoms with E-state index in [0.717, 1.165) is 28.5 Å². The Bertz CT molecular complexity index is 3230. The molecule has 1 unspecified atom stereocenters. The van der Waals surface area contributed by atoms with Gasteiger partial charge in [0.2, 0.25) is 0 Å². The van der Waals surface area contributed by atoms with Crippen LogP contribution in [0.4, 0.5) is 0 Å². The first-order valence-electron chi connectivity index (χ1n) is 19.6. The van der Waals surface area contributed by atoms with Gasteiger partial charge in [-0.15, -0.1) is 0 Å². The Hall–Kier alpha value is -6.70. The largest absolute Gasteiger partial charge is 0.455 e. The molecule has 0 amide bonds. The summed E-state index contributed by atoms with van der Waals surface area (Å²) in [6, 6.07) is 59.7. The predicted molar refractivity (Wildman–Crippen MR) is 240 cm³/mol. The highest BCUT2D eigenvalue weighted by Crippen LogP contribution is 2.56. The molecule has 9 aromatic carbocycles. The monoisotopic (exact) mass is 716 g/mol. The molecule has 56 heavy (non-hydrogen) atoms. The molecule has 1 heteroatoms. The Balaban J connectivity index is 0.975. The van der Waals surface area contributed by atoms with Crippen molar-refractivity contribution < 1.29 is 4.42 Å². The first-order valence-corrected chi connectivity index (χ1v) is 19.6. The molecule has 1 aromatic heterocycles. The summed E-state index contributed by atoms with van der Waals surface area (Å²) in [7, 11) is 0. The lowest BCUT2D eigenvalue weighted by molar-refractivity contribution is 0.623. The van der Waals surface area contributed by atoms with Gasteiger partial charge in [-0.05, 0) is 113 Å². The van der Waals surface area contributed by atoms with Crippen molar-refractivity contribution in [3.8, 4) is 22.3 Å². The summed E-state index contributed by atoms with van der Waals surface area (Å²) >= 11 is 0. The molecule has 0 saturated carbocycles. The smallest absolute Gasteiger partial charge is 0.143 e. The molecule has 11 rings (SSSR count). The normalized spacial score (nSPS) is 15.1. The lowest BCUT2D eigenvalue weighted by atomic mass is 9.79. The molecule has 0 bridgehead atoms. The van der Waals surface area contributed by atoms with Gasteiger partial charge in [0.25, 0.3) is 0 Å². The summed E-state index contributed by atoms with van der Waals surface area (Å²) in [5.74, 6) is 0.162. The van der Waals surface area contributed by atoms with Crippen LogP contribution in [0.15, 0.2) is 187 Å². The quantitative estimate of drug-likeness (QED) is 0.128. The second-order valence-corrected chi connectivity index (χ2v) is 16.2. The summed E-state index contributed by atoms with van der Waals surface area (Å²) in [6.45, 7) is 14.1. The van der Waals surface area contributed by atoms with E-state index < -0.39 is 0 Å². The molecule has 1 nitrogen and oxygen atoms in total. The van der Waals surface area contributed by atoms with E-state index in [4.69, 9.17) is 17.6 Å². The molecular weight excluding hydrogens is 677 g/mol. The van der Waals surface area contributed by atoms with E-state index in [1.165, 1.54) is 93.0 Å². The van der Waals surface area contributed by atoms with Crippen LogP contribution in [-0.4, -0.2) is 0 Å². The van der Waals surface area contributed by atoms with E-state index in [2.05, 4.69) is 172 Å². The maximum Gasteiger partial charge on any atom is 0.143 e. The van der Waals surface area contributed by atoms with Crippen LogP contribution in [0, 0.1) is 0 Å². The second-order valence-electron chi connectivity index (χ2n) is 16.2. The number of benzene rings is 9. The van der Waals surface area contributed by atoms with Crippen molar-refractivity contribution in [1.82, 2.24) is 0 Å². The zero-order valence-corrected chi connectivity index (χ0v) is 31.7. The van der Waals surface area contributed by atoms with E-state index in [1.54, 1.807) is 0 Å². The Morgan fingerprint density at radius 1 is 0.554 bits per heavy atom.